The Kier molecular flexibility index (Phi) is 9.54. The topological polar surface area (TPSA) is 158 Å². The molecule has 0 saturated carbocycles. The average Bonchev–Trinajstić information content (AvgIpc) is 3.68. The maximum atomic E-state index is 13.5. The van der Waals surface area contributed by atoms with Crippen LogP contribution in [0, 0.1) is 0 Å². The van der Waals surface area contributed by atoms with Crippen LogP contribution in [0.5, 0.6) is 5.75 Å². The number of para-hydroxylation sites is 1. The molecule has 5 aromatic rings. The summed E-state index contributed by atoms with van der Waals surface area (Å²) in [4.78, 5) is 52.2. The molecule has 2 aromatic heterocycles. The highest BCUT2D eigenvalue weighted by atomic mass is 35.5. The third-order valence-corrected chi connectivity index (χ3v) is 8.47. The number of aliphatic hydroxyl groups is 1. The molecule has 3 aromatic carbocycles. The molecule has 0 aliphatic heterocycles. The van der Waals surface area contributed by atoms with Gasteiger partial charge in [0.15, 0.2) is 12.0 Å². The van der Waals surface area contributed by atoms with Gasteiger partial charge in [0, 0.05) is 23.9 Å². The predicted octanol–water partition coefficient (Wildman–Crippen LogP) is 5.64. The smallest absolute Gasteiger partial charge is 0.326 e. The normalized spacial score (nSPS) is 12.4. The number of nitrogens with zero attached hydrogens (tertiary/aromatic N) is 1. The van der Waals surface area contributed by atoms with Crippen LogP contribution in [0.4, 0.5) is 0 Å². The Morgan fingerprint density at radius 1 is 0.889 bits per heavy atom. The third-order valence-electron chi connectivity index (χ3n) is 6.96. The van der Waals surface area contributed by atoms with E-state index in [9.17, 15) is 34.5 Å². The SMILES string of the molecule is O=C(NCc1cccc(O)c1)c1cc(Cl)c(C(=O)CC(NC(=O)c2cc3ccccc3n2C(O)c2cccs2)C(=O)O)c(Cl)c1. The number of ketones is 1. The second-order valence-corrected chi connectivity index (χ2v) is 11.8. The van der Waals surface area contributed by atoms with Crippen molar-refractivity contribution < 1.29 is 34.5 Å². The van der Waals surface area contributed by atoms with E-state index >= 15 is 0 Å². The molecule has 2 heterocycles. The van der Waals surface area contributed by atoms with Gasteiger partial charge < -0.3 is 30.5 Å². The number of amides is 2. The summed E-state index contributed by atoms with van der Waals surface area (Å²) in [5.41, 5.74) is 1.05. The lowest BCUT2D eigenvalue weighted by Gasteiger charge is -2.19. The minimum Gasteiger partial charge on any atom is -0.508 e. The minimum absolute atomic E-state index is 0.00653. The highest BCUT2D eigenvalue weighted by Gasteiger charge is 2.30. The Morgan fingerprint density at radius 3 is 2.29 bits per heavy atom. The summed E-state index contributed by atoms with van der Waals surface area (Å²) in [5.74, 6) is -3.57. The number of carbonyl (C=O) groups is 4. The molecule has 0 aliphatic carbocycles. The number of fused-ring (bicyclic) bond motifs is 1. The summed E-state index contributed by atoms with van der Waals surface area (Å²) in [5, 5.41) is 37.7. The van der Waals surface area contributed by atoms with E-state index in [0.29, 0.717) is 21.3 Å². The number of phenolic OH excluding ortho intramolecular Hbond substituents is 1. The van der Waals surface area contributed by atoms with Gasteiger partial charge >= 0.3 is 5.97 Å². The molecule has 5 rings (SSSR count). The monoisotopic (exact) mass is 665 g/mol. The van der Waals surface area contributed by atoms with Gasteiger partial charge in [-0.05, 0) is 53.4 Å². The lowest BCUT2D eigenvalue weighted by molar-refractivity contribution is -0.139. The first-order chi connectivity index (χ1) is 21.5. The van der Waals surface area contributed by atoms with Crippen LogP contribution in [-0.4, -0.2) is 49.5 Å². The van der Waals surface area contributed by atoms with E-state index in [-0.39, 0.29) is 39.2 Å². The van der Waals surface area contributed by atoms with Gasteiger partial charge in [-0.25, -0.2) is 4.79 Å². The van der Waals surface area contributed by atoms with E-state index in [1.807, 2.05) is 0 Å². The number of carbonyl (C=O) groups excluding carboxylic acids is 3. The van der Waals surface area contributed by atoms with Crippen LogP contribution in [0.1, 0.15) is 54.3 Å². The second-order valence-electron chi connectivity index (χ2n) is 10.0. The zero-order valence-electron chi connectivity index (χ0n) is 23.2. The molecule has 13 heteroatoms. The standard InChI is InChI=1S/C32H25Cl2N3O7S/c33-21-12-19(29(40)35-16-17-5-3-7-20(38)11-17)13-22(34)28(21)26(39)15-23(32(43)44)36-30(41)25-14-18-6-1-2-8-24(18)37(25)31(42)27-9-4-10-45-27/h1-14,23,31,38,42H,15-16H2,(H,35,40)(H,36,41)(H,43,44). The molecule has 2 amide bonds. The van der Waals surface area contributed by atoms with Crippen LogP contribution in [0.15, 0.2) is 84.2 Å². The second kappa shape index (κ2) is 13.5. The minimum atomic E-state index is -1.67. The van der Waals surface area contributed by atoms with E-state index in [1.54, 1.807) is 53.9 Å². The van der Waals surface area contributed by atoms with Gasteiger partial charge in [0.1, 0.15) is 17.5 Å². The Morgan fingerprint density at radius 2 is 1.62 bits per heavy atom. The third kappa shape index (κ3) is 7.02. The number of benzene rings is 3. The Bertz CT molecular complexity index is 1900. The molecule has 45 heavy (non-hydrogen) atoms. The predicted molar refractivity (Wildman–Crippen MR) is 170 cm³/mol. The molecule has 2 unspecified atom stereocenters. The highest BCUT2D eigenvalue weighted by Crippen LogP contribution is 2.31. The van der Waals surface area contributed by atoms with E-state index in [0.717, 1.165) is 0 Å². The first-order valence-electron chi connectivity index (χ1n) is 13.5. The molecule has 0 aliphatic rings. The molecular formula is C32H25Cl2N3O7S. The van der Waals surface area contributed by atoms with E-state index < -0.39 is 42.3 Å². The molecule has 0 radical (unpaired) electrons. The van der Waals surface area contributed by atoms with Gasteiger partial charge in [0.05, 0.1) is 26.0 Å². The van der Waals surface area contributed by atoms with Crippen LogP contribution in [-0.2, 0) is 11.3 Å². The van der Waals surface area contributed by atoms with Crippen LogP contribution in [0.25, 0.3) is 10.9 Å². The number of nitrogens with one attached hydrogen (secondary N) is 2. The van der Waals surface area contributed by atoms with Crippen LogP contribution in [0.3, 0.4) is 0 Å². The molecule has 2 atom stereocenters. The molecule has 230 valence electrons. The number of aliphatic hydroxyl groups excluding tert-OH is 1. The van der Waals surface area contributed by atoms with Crippen molar-refractivity contribution >= 4 is 69.0 Å². The zero-order valence-corrected chi connectivity index (χ0v) is 25.6. The number of phenols is 1. The van der Waals surface area contributed by atoms with E-state index in [1.165, 1.54) is 46.2 Å². The molecule has 0 saturated heterocycles. The summed E-state index contributed by atoms with van der Waals surface area (Å²) < 4.78 is 1.40. The summed E-state index contributed by atoms with van der Waals surface area (Å²) in [6.07, 6.45) is -1.92. The zero-order chi connectivity index (χ0) is 32.2. The highest BCUT2D eigenvalue weighted by molar-refractivity contribution is 7.10. The summed E-state index contributed by atoms with van der Waals surface area (Å²) in [6.45, 7) is 0.104. The Hall–Kier alpha value is -4.68. The molecule has 0 spiro atoms. The maximum Gasteiger partial charge on any atom is 0.326 e. The Balaban J connectivity index is 1.33. The van der Waals surface area contributed by atoms with Crippen molar-refractivity contribution in [2.24, 2.45) is 0 Å². The number of hydrogen-bond acceptors (Lipinski definition) is 7. The van der Waals surface area contributed by atoms with Crippen LogP contribution in [0.2, 0.25) is 10.0 Å². The summed E-state index contributed by atoms with van der Waals surface area (Å²) in [6, 6.07) is 19.1. The number of halogens is 2. The van der Waals surface area contributed by atoms with Crippen LogP contribution < -0.4 is 10.6 Å². The number of hydrogen-bond donors (Lipinski definition) is 5. The van der Waals surface area contributed by atoms with Crippen molar-refractivity contribution in [2.75, 3.05) is 0 Å². The molecule has 0 bridgehead atoms. The van der Waals surface area contributed by atoms with Crippen molar-refractivity contribution in [3.8, 4) is 5.75 Å². The van der Waals surface area contributed by atoms with Crippen molar-refractivity contribution in [1.82, 2.24) is 15.2 Å². The number of carboxylic acids is 1. The fraction of sp³-hybridized carbons (Fsp3) is 0.125. The quantitative estimate of drug-likeness (QED) is 0.114. The van der Waals surface area contributed by atoms with Gasteiger partial charge in [0.25, 0.3) is 11.8 Å². The van der Waals surface area contributed by atoms with Gasteiger partial charge in [-0.15, -0.1) is 11.3 Å². The van der Waals surface area contributed by atoms with Crippen molar-refractivity contribution in [2.45, 2.75) is 25.2 Å². The number of aliphatic carboxylic acids is 1. The number of Topliss-reactive ketones (excluding diaryl/α,β-unsaturated/α-hetero) is 1. The van der Waals surface area contributed by atoms with E-state index in [2.05, 4.69) is 10.6 Å². The first-order valence-corrected chi connectivity index (χ1v) is 15.1. The fourth-order valence-electron chi connectivity index (χ4n) is 4.82. The largest absolute Gasteiger partial charge is 0.508 e. The summed E-state index contributed by atoms with van der Waals surface area (Å²) in [7, 11) is 0. The van der Waals surface area contributed by atoms with Gasteiger partial charge in [-0.1, -0.05) is 59.6 Å². The van der Waals surface area contributed by atoms with Gasteiger partial charge in [0.2, 0.25) is 0 Å². The lowest BCUT2D eigenvalue weighted by Crippen LogP contribution is -2.43. The number of aromatic nitrogens is 1. The van der Waals surface area contributed by atoms with Crippen LogP contribution >= 0.6 is 34.5 Å². The first kappa shape index (κ1) is 31.7. The molecule has 0 fully saturated rings. The average molecular weight is 667 g/mol. The number of rotatable bonds is 11. The van der Waals surface area contributed by atoms with Crippen molar-refractivity contribution in [1.29, 1.82) is 0 Å². The fourth-order valence-corrected chi connectivity index (χ4v) is 6.22. The van der Waals surface area contributed by atoms with Crippen molar-refractivity contribution in [3.05, 3.63) is 122 Å². The maximum absolute atomic E-state index is 13.5. The number of aromatic hydroxyl groups is 1. The number of carboxylic acid groups (broad SMARTS) is 1. The van der Waals surface area contributed by atoms with Gasteiger partial charge in [-0.3, -0.25) is 14.4 Å². The van der Waals surface area contributed by atoms with Gasteiger partial charge in [-0.2, -0.15) is 0 Å². The summed E-state index contributed by atoms with van der Waals surface area (Å²) >= 11 is 14.0. The lowest BCUT2D eigenvalue weighted by atomic mass is 10.0. The molecule has 5 N–H and O–H groups in total. The number of thiophene rings is 1. The Labute approximate surface area is 270 Å². The molecule has 10 nitrogen and oxygen atoms in total. The van der Waals surface area contributed by atoms with Crippen molar-refractivity contribution in [3.63, 3.8) is 0 Å². The molecular weight excluding hydrogens is 641 g/mol. The van der Waals surface area contributed by atoms with E-state index in [4.69, 9.17) is 23.2 Å².